The van der Waals surface area contributed by atoms with Gasteiger partial charge in [0, 0.05) is 5.69 Å². The van der Waals surface area contributed by atoms with Crippen LogP contribution in [0.4, 0.5) is 5.69 Å². The van der Waals surface area contributed by atoms with Crippen LogP contribution in [0.5, 0.6) is 0 Å². The Balaban J connectivity index is 2.47. The van der Waals surface area contributed by atoms with E-state index in [1.54, 1.807) is 43.3 Å². The quantitative estimate of drug-likeness (QED) is 0.878. The second kappa shape index (κ2) is 5.35. The van der Waals surface area contributed by atoms with Gasteiger partial charge in [-0.2, -0.15) is 5.26 Å². The van der Waals surface area contributed by atoms with Crippen LogP contribution in [-0.4, -0.2) is 8.42 Å². The fourth-order valence-corrected chi connectivity index (χ4v) is 3.68. The van der Waals surface area contributed by atoms with Crippen molar-refractivity contribution in [3.8, 4) is 6.07 Å². The lowest BCUT2D eigenvalue weighted by Crippen LogP contribution is -2.08. The van der Waals surface area contributed by atoms with E-state index in [-0.39, 0.29) is 10.6 Å². The Hall–Kier alpha value is -2.32. The fourth-order valence-electron chi connectivity index (χ4n) is 1.99. The minimum absolute atomic E-state index is 0.207. The van der Waals surface area contributed by atoms with E-state index in [0.717, 1.165) is 0 Å². The SMILES string of the molecule is Cc1ccc(N)cc1S(=O)(=O)Cc1ccccc1C#N. The Kier molecular flexibility index (Phi) is 3.77. The van der Waals surface area contributed by atoms with Crippen molar-refractivity contribution in [3.63, 3.8) is 0 Å². The molecule has 0 amide bonds. The molecule has 0 radical (unpaired) electrons. The molecule has 0 aliphatic carbocycles. The van der Waals surface area contributed by atoms with E-state index < -0.39 is 9.84 Å². The van der Waals surface area contributed by atoms with Gasteiger partial charge in [0.1, 0.15) is 0 Å². The molecule has 0 aliphatic rings. The van der Waals surface area contributed by atoms with Gasteiger partial charge in [-0.15, -0.1) is 0 Å². The Morgan fingerprint density at radius 2 is 1.90 bits per heavy atom. The molecule has 20 heavy (non-hydrogen) atoms. The number of nitriles is 1. The maximum absolute atomic E-state index is 12.5. The molecule has 0 atom stereocenters. The molecular formula is C15H14N2O2S. The Morgan fingerprint density at radius 3 is 2.60 bits per heavy atom. The van der Waals surface area contributed by atoms with E-state index >= 15 is 0 Å². The summed E-state index contributed by atoms with van der Waals surface area (Å²) in [5.74, 6) is -0.207. The molecule has 0 bridgehead atoms. The molecule has 2 N–H and O–H groups in total. The van der Waals surface area contributed by atoms with Crippen molar-refractivity contribution in [2.75, 3.05) is 5.73 Å². The zero-order valence-electron chi connectivity index (χ0n) is 11.0. The Morgan fingerprint density at radius 1 is 1.20 bits per heavy atom. The molecule has 0 fully saturated rings. The third-order valence-electron chi connectivity index (χ3n) is 3.03. The highest BCUT2D eigenvalue weighted by Crippen LogP contribution is 2.23. The van der Waals surface area contributed by atoms with Gasteiger partial charge >= 0.3 is 0 Å². The van der Waals surface area contributed by atoms with Crippen molar-refractivity contribution < 1.29 is 8.42 Å². The minimum Gasteiger partial charge on any atom is -0.399 e. The maximum Gasteiger partial charge on any atom is 0.182 e. The van der Waals surface area contributed by atoms with E-state index in [4.69, 9.17) is 11.0 Å². The zero-order valence-corrected chi connectivity index (χ0v) is 11.8. The van der Waals surface area contributed by atoms with Crippen molar-refractivity contribution in [3.05, 3.63) is 59.2 Å². The summed E-state index contributed by atoms with van der Waals surface area (Å²) in [6, 6.07) is 13.5. The lowest BCUT2D eigenvalue weighted by Gasteiger charge is -2.09. The lowest BCUT2D eigenvalue weighted by atomic mass is 10.1. The van der Waals surface area contributed by atoms with Crippen molar-refractivity contribution in [1.82, 2.24) is 0 Å². The Labute approximate surface area is 118 Å². The van der Waals surface area contributed by atoms with Crippen molar-refractivity contribution in [2.45, 2.75) is 17.6 Å². The summed E-state index contributed by atoms with van der Waals surface area (Å²) in [6.07, 6.45) is 0. The van der Waals surface area contributed by atoms with Crippen LogP contribution in [0.15, 0.2) is 47.4 Å². The van der Waals surface area contributed by atoms with Gasteiger partial charge in [-0.1, -0.05) is 24.3 Å². The van der Waals surface area contributed by atoms with Gasteiger partial charge in [-0.25, -0.2) is 8.42 Å². The summed E-state index contributed by atoms with van der Waals surface area (Å²) < 4.78 is 25.0. The Bertz CT molecular complexity index is 790. The molecule has 102 valence electrons. The largest absolute Gasteiger partial charge is 0.399 e. The van der Waals surface area contributed by atoms with Crippen molar-refractivity contribution in [1.29, 1.82) is 5.26 Å². The number of benzene rings is 2. The third kappa shape index (κ3) is 2.81. The first kappa shape index (κ1) is 14.1. The third-order valence-corrected chi connectivity index (χ3v) is 4.83. The standard InChI is InChI=1S/C15H14N2O2S/c1-11-6-7-14(17)8-15(11)20(18,19)10-13-5-3-2-4-12(13)9-16/h2-8H,10,17H2,1H3. The summed E-state index contributed by atoms with van der Waals surface area (Å²) in [7, 11) is -3.53. The van der Waals surface area contributed by atoms with Crippen LogP contribution in [0.25, 0.3) is 0 Å². The van der Waals surface area contributed by atoms with Gasteiger partial charge in [-0.05, 0) is 36.2 Å². The molecule has 0 heterocycles. The van der Waals surface area contributed by atoms with Crippen LogP contribution in [0, 0.1) is 18.3 Å². The summed E-state index contributed by atoms with van der Waals surface area (Å²) >= 11 is 0. The average molecular weight is 286 g/mol. The van der Waals surface area contributed by atoms with Gasteiger partial charge in [0.15, 0.2) is 9.84 Å². The second-order valence-electron chi connectivity index (χ2n) is 4.55. The van der Waals surface area contributed by atoms with Gasteiger partial charge in [0.05, 0.1) is 22.3 Å². The van der Waals surface area contributed by atoms with E-state index in [0.29, 0.717) is 22.4 Å². The van der Waals surface area contributed by atoms with Crippen LogP contribution in [0.1, 0.15) is 16.7 Å². The molecule has 2 aromatic carbocycles. The number of nitrogens with two attached hydrogens (primary N) is 1. The highest BCUT2D eigenvalue weighted by atomic mass is 32.2. The van der Waals surface area contributed by atoms with Crippen LogP contribution in [-0.2, 0) is 15.6 Å². The summed E-state index contributed by atoms with van der Waals surface area (Å²) in [4.78, 5) is 0.213. The van der Waals surface area contributed by atoms with E-state index in [1.165, 1.54) is 6.07 Å². The molecule has 5 heteroatoms. The number of nitrogens with zero attached hydrogens (tertiary/aromatic N) is 1. The smallest absolute Gasteiger partial charge is 0.182 e. The number of sulfone groups is 1. The predicted octanol–water partition coefficient (Wildman–Crippen LogP) is 2.42. The number of hydrogen-bond donors (Lipinski definition) is 1. The first-order valence-corrected chi connectivity index (χ1v) is 7.66. The van der Waals surface area contributed by atoms with Crippen LogP contribution in [0.3, 0.4) is 0 Å². The number of hydrogen-bond acceptors (Lipinski definition) is 4. The summed E-state index contributed by atoms with van der Waals surface area (Å²) in [6.45, 7) is 1.72. The van der Waals surface area contributed by atoms with Gasteiger partial charge in [0.25, 0.3) is 0 Å². The molecule has 0 aromatic heterocycles. The fraction of sp³-hybridized carbons (Fsp3) is 0.133. The van der Waals surface area contributed by atoms with Crippen molar-refractivity contribution in [2.24, 2.45) is 0 Å². The first-order chi connectivity index (χ1) is 9.44. The first-order valence-electron chi connectivity index (χ1n) is 6.01. The molecule has 0 unspecified atom stereocenters. The molecule has 0 saturated heterocycles. The minimum atomic E-state index is -3.53. The van der Waals surface area contributed by atoms with Crippen LogP contribution < -0.4 is 5.73 Å². The predicted molar refractivity (Wildman–Crippen MR) is 77.6 cm³/mol. The molecule has 0 saturated carbocycles. The molecule has 4 nitrogen and oxygen atoms in total. The number of nitrogen functional groups attached to an aromatic ring is 1. The highest BCUT2D eigenvalue weighted by molar-refractivity contribution is 7.90. The monoisotopic (exact) mass is 286 g/mol. The molecular weight excluding hydrogens is 272 g/mol. The molecule has 0 aliphatic heterocycles. The van der Waals surface area contributed by atoms with Gasteiger partial charge in [0.2, 0.25) is 0 Å². The van der Waals surface area contributed by atoms with E-state index in [1.807, 2.05) is 6.07 Å². The second-order valence-corrected chi connectivity index (χ2v) is 6.51. The topological polar surface area (TPSA) is 84.0 Å². The van der Waals surface area contributed by atoms with Gasteiger partial charge < -0.3 is 5.73 Å². The number of anilines is 1. The molecule has 2 rings (SSSR count). The van der Waals surface area contributed by atoms with Crippen LogP contribution >= 0.6 is 0 Å². The number of rotatable bonds is 3. The average Bonchev–Trinajstić information content (AvgIpc) is 2.41. The number of aryl methyl sites for hydroxylation is 1. The normalized spacial score (nSPS) is 11.0. The highest BCUT2D eigenvalue weighted by Gasteiger charge is 2.19. The van der Waals surface area contributed by atoms with Crippen molar-refractivity contribution >= 4 is 15.5 Å². The molecule has 2 aromatic rings. The lowest BCUT2D eigenvalue weighted by molar-refractivity contribution is 0.594. The van der Waals surface area contributed by atoms with E-state index in [2.05, 4.69) is 0 Å². The van der Waals surface area contributed by atoms with Crippen LogP contribution in [0.2, 0.25) is 0 Å². The van der Waals surface area contributed by atoms with Gasteiger partial charge in [-0.3, -0.25) is 0 Å². The zero-order chi connectivity index (χ0) is 14.8. The molecule has 0 spiro atoms. The maximum atomic E-state index is 12.5. The summed E-state index contributed by atoms with van der Waals surface area (Å²) in [5.41, 5.74) is 7.58. The summed E-state index contributed by atoms with van der Waals surface area (Å²) in [5, 5.41) is 9.02. The van der Waals surface area contributed by atoms with E-state index in [9.17, 15) is 8.42 Å².